The van der Waals surface area contributed by atoms with E-state index in [0.717, 1.165) is 29.2 Å². The lowest BCUT2D eigenvalue weighted by atomic mass is 9.97. The molecule has 0 heterocycles. The van der Waals surface area contributed by atoms with Crippen molar-refractivity contribution in [3.05, 3.63) is 83.4 Å². The molecular formula is C26H32N2O3. The number of nitrogens with one attached hydrogen (secondary N) is 2. The standard InChI is InChI=1S/C26H32N2O3/c1-19-23(10-7-11-25(19)21-8-5-4-6-9-21)18-31-24-13-12-22(26(16-24)30-3)17-27-14-15-28-20(2)29/h4-13,16,20,27-29H,14-15,17-18H2,1-3H3. The van der Waals surface area contributed by atoms with Crippen molar-refractivity contribution in [1.29, 1.82) is 0 Å². The molecule has 3 aromatic rings. The van der Waals surface area contributed by atoms with Crippen molar-refractivity contribution in [3.63, 3.8) is 0 Å². The minimum atomic E-state index is -0.496. The molecule has 5 nitrogen and oxygen atoms in total. The Labute approximate surface area is 185 Å². The van der Waals surface area contributed by atoms with Gasteiger partial charge in [-0.2, -0.15) is 0 Å². The van der Waals surface area contributed by atoms with Crippen LogP contribution in [0.3, 0.4) is 0 Å². The van der Waals surface area contributed by atoms with E-state index >= 15 is 0 Å². The summed E-state index contributed by atoms with van der Waals surface area (Å²) in [7, 11) is 1.67. The number of rotatable bonds is 11. The Morgan fingerprint density at radius 2 is 1.74 bits per heavy atom. The molecule has 0 aliphatic rings. The van der Waals surface area contributed by atoms with Gasteiger partial charge in [-0.15, -0.1) is 0 Å². The van der Waals surface area contributed by atoms with Crippen LogP contribution in [0.25, 0.3) is 11.1 Å². The Morgan fingerprint density at radius 3 is 2.48 bits per heavy atom. The van der Waals surface area contributed by atoms with E-state index in [4.69, 9.17) is 9.47 Å². The van der Waals surface area contributed by atoms with Crippen LogP contribution in [-0.4, -0.2) is 31.5 Å². The Bertz CT molecular complexity index is 958. The van der Waals surface area contributed by atoms with Crippen molar-refractivity contribution >= 4 is 0 Å². The lowest BCUT2D eigenvalue weighted by molar-refractivity contribution is 0.157. The van der Waals surface area contributed by atoms with Crippen LogP contribution in [0.5, 0.6) is 11.5 Å². The van der Waals surface area contributed by atoms with Crippen molar-refractivity contribution in [2.24, 2.45) is 0 Å². The van der Waals surface area contributed by atoms with Crippen molar-refractivity contribution in [3.8, 4) is 22.6 Å². The number of aliphatic hydroxyl groups is 1. The van der Waals surface area contributed by atoms with Gasteiger partial charge in [-0.3, -0.25) is 5.32 Å². The van der Waals surface area contributed by atoms with Gasteiger partial charge in [0.25, 0.3) is 0 Å². The summed E-state index contributed by atoms with van der Waals surface area (Å²) in [6.45, 7) is 6.48. The largest absolute Gasteiger partial charge is 0.496 e. The number of hydrogen-bond donors (Lipinski definition) is 3. The fraction of sp³-hybridized carbons (Fsp3) is 0.308. The average Bonchev–Trinajstić information content (AvgIpc) is 2.79. The molecule has 0 fully saturated rings. The molecule has 164 valence electrons. The summed E-state index contributed by atoms with van der Waals surface area (Å²) in [6, 6.07) is 22.7. The average molecular weight is 421 g/mol. The van der Waals surface area contributed by atoms with Gasteiger partial charge in [-0.1, -0.05) is 54.6 Å². The molecular weight excluding hydrogens is 388 g/mol. The molecule has 3 rings (SSSR count). The highest BCUT2D eigenvalue weighted by Gasteiger charge is 2.09. The van der Waals surface area contributed by atoms with Gasteiger partial charge in [-0.25, -0.2) is 0 Å². The monoisotopic (exact) mass is 420 g/mol. The maximum atomic E-state index is 9.23. The second-order valence-corrected chi connectivity index (χ2v) is 7.52. The minimum Gasteiger partial charge on any atom is -0.496 e. The molecule has 1 atom stereocenters. The predicted octanol–water partition coefficient (Wildman–Crippen LogP) is 4.27. The van der Waals surface area contributed by atoms with Crippen LogP contribution in [-0.2, 0) is 13.2 Å². The number of ether oxygens (including phenoxy) is 2. The lowest BCUT2D eigenvalue weighted by Gasteiger charge is -2.15. The van der Waals surface area contributed by atoms with Gasteiger partial charge < -0.3 is 19.9 Å². The highest BCUT2D eigenvalue weighted by Crippen LogP contribution is 2.28. The first kappa shape index (κ1) is 22.8. The van der Waals surface area contributed by atoms with Crippen LogP contribution in [0.1, 0.15) is 23.6 Å². The van der Waals surface area contributed by atoms with Crippen LogP contribution >= 0.6 is 0 Å². The van der Waals surface area contributed by atoms with Gasteiger partial charge in [0.05, 0.1) is 7.11 Å². The molecule has 0 saturated carbocycles. The summed E-state index contributed by atoms with van der Waals surface area (Å²) in [6.07, 6.45) is -0.496. The fourth-order valence-electron chi connectivity index (χ4n) is 3.48. The van der Waals surface area contributed by atoms with E-state index in [9.17, 15) is 5.11 Å². The highest BCUT2D eigenvalue weighted by atomic mass is 16.5. The van der Waals surface area contributed by atoms with Crippen LogP contribution in [0.2, 0.25) is 0 Å². The zero-order valence-corrected chi connectivity index (χ0v) is 18.5. The third-order valence-electron chi connectivity index (χ3n) is 5.24. The predicted molar refractivity (Wildman–Crippen MR) is 125 cm³/mol. The Kier molecular flexibility index (Phi) is 8.47. The summed E-state index contributed by atoms with van der Waals surface area (Å²) in [5.74, 6) is 1.57. The van der Waals surface area contributed by atoms with Gasteiger partial charge in [0.1, 0.15) is 24.3 Å². The van der Waals surface area contributed by atoms with Crippen molar-refractivity contribution in [2.45, 2.75) is 33.2 Å². The highest BCUT2D eigenvalue weighted by molar-refractivity contribution is 5.68. The van der Waals surface area contributed by atoms with Gasteiger partial charge in [-0.05, 0) is 42.2 Å². The van der Waals surface area contributed by atoms with Crippen LogP contribution in [0, 0.1) is 6.92 Å². The second-order valence-electron chi connectivity index (χ2n) is 7.52. The van der Waals surface area contributed by atoms with Crippen molar-refractivity contribution in [2.75, 3.05) is 20.2 Å². The van der Waals surface area contributed by atoms with E-state index in [1.807, 2.05) is 24.3 Å². The number of methoxy groups -OCH3 is 1. The Morgan fingerprint density at radius 1 is 0.935 bits per heavy atom. The molecule has 0 aliphatic heterocycles. The van der Waals surface area contributed by atoms with E-state index in [1.165, 1.54) is 16.7 Å². The first-order valence-corrected chi connectivity index (χ1v) is 10.6. The number of benzene rings is 3. The van der Waals surface area contributed by atoms with Crippen LogP contribution in [0.15, 0.2) is 66.7 Å². The molecule has 0 saturated heterocycles. The quantitative estimate of drug-likeness (QED) is 0.319. The minimum absolute atomic E-state index is 0.496. The molecule has 1 unspecified atom stereocenters. The third-order valence-corrected chi connectivity index (χ3v) is 5.24. The van der Waals surface area contributed by atoms with E-state index in [-0.39, 0.29) is 0 Å². The van der Waals surface area contributed by atoms with Gasteiger partial charge in [0.2, 0.25) is 0 Å². The second kappa shape index (κ2) is 11.5. The summed E-state index contributed by atoms with van der Waals surface area (Å²) in [5, 5.41) is 15.5. The maximum Gasteiger partial charge on any atom is 0.127 e. The summed E-state index contributed by atoms with van der Waals surface area (Å²) in [4.78, 5) is 0. The summed E-state index contributed by atoms with van der Waals surface area (Å²) >= 11 is 0. The lowest BCUT2D eigenvalue weighted by Crippen LogP contribution is -2.32. The molecule has 3 aromatic carbocycles. The van der Waals surface area contributed by atoms with Crippen LogP contribution < -0.4 is 20.1 Å². The number of aliphatic hydroxyl groups excluding tert-OH is 1. The Hall–Kier alpha value is -2.86. The molecule has 5 heteroatoms. The smallest absolute Gasteiger partial charge is 0.127 e. The fourth-order valence-corrected chi connectivity index (χ4v) is 3.48. The summed E-state index contributed by atoms with van der Waals surface area (Å²) in [5.41, 5.74) is 5.90. The summed E-state index contributed by atoms with van der Waals surface area (Å²) < 4.78 is 11.7. The molecule has 0 spiro atoms. The Balaban J connectivity index is 1.62. The maximum absolute atomic E-state index is 9.23. The van der Waals surface area contributed by atoms with Gasteiger partial charge in [0.15, 0.2) is 0 Å². The molecule has 0 amide bonds. The van der Waals surface area contributed by atoms with E-state index in [2.05, 4.69) is 60.0 Å². The van der Waals surface area contributed by atoms with E-state index in [1.54, 1.807) is 14.0 Å². The zero-order valence-electron chi connectivity index (χ0n) is 18.5. The molecule has 0 aromatic heterocycles. The molecule has 0 aliphatic carbocycles. The molecule has 3 N–H and O–H groups in total. The molecule has 0 bridgehead atoms. The zero-order chi connectivity index (χ0) is 22.1. The van der Waals surface area contributed by atoms with Gasteiger partial charge >= 0.3 is 0 Å². The topological polar surface area (TPSA) is 62.8 Å². The first-order valence-electron chi connectivity index (χ1n) is 10.6. The third kappa shape index (κ3) is 6.56. The normalized spacial score (nSPS) is 11.9. The van der Waals surface area contributed by atoms with E-state index in [0.29, 0.717) is 19.7 Å². The molecule has 31 heavy (non-hydrogen) atoms. The number of hydrogen-bond acceptors (Lipinski definition) is 5. The van der Waals surface area contributed by atoms with Crippen molar-refractivity contribution in [1.82, 2.24) is 10.6 Å². The van der Waals surface area contributed by atoms with E-state index < -0.39 is 6.23 Å². The SMILES string of the molecule is COc1cc(OCc2cccc(-c3ccccc3)c2C)ccc1CNCCNC(C)O. The van der Waals surface area contributed by atoms with Crippen LogP contribution in [0.4, 0.5) is 0 Å². The first-order chi connectivity index (χ1) is 15.1. The van der Waals surface area contributed by atoms with Gasteiger partial charge in [0, 0.05) is 31.3 Å². The van der Waals surface area contributed by atoms with Crippen molar-refractivity contribution < 1.29 is 14.6 Å². The molecule has 0 radical (unpaired) electrons.